The van der Waals surface area contributed by atoms with E-state index < -0.39 is 23.9 Å². The molecule has 0 spiro atoms. The van der Waals surface area contributed by atoms with Gasteiger partial charge in [-0.3, -0.25) is 14.2 Å². The van der Waals surface area contributed by atoms with E-state index >= 15 is 0 Å². The summed E-state index contributed by atoms with van der Waals surface area (Å²) in [6, 6.07) is 6.97. The van der Waals surface area contributed by atoms with E-state index in [1.54, 1.807) is 28.8 Å². The maximum atomic E-state index is 13.0. The number of alkyl halides is 3. The van der Waals surface area contributed by atoms with Gasteiger partial charge in [-0.1, -0.05) is 36.7 Å². The molecule has 2 aromatic rings. The maximum absolute atomic E-state index is 13.0. The summed E-state index contributed by atoms with van der Waals surface area (Å²) in [5.74, 6) is -0.738. The number of nitrogens with one attached hydrogen (secondary N) is 1. The molecule has 1 unspecified atom stereocenters. The number of carbonyl (C=O) groups excluding carboxylic acids is 1. The summed E-state index contributed by atoms with van der Waals surface area (Å²) < 4.78 is 38.6. The van der Waals surface area contributed by atoms with Crippen LogP contribution in [-0.4, -0.2) is 33.4 Å². The molecule has 3 rings (SSSR count). The van der Waals surface area contributed by atoms with Crippen LogP contribution >= 0.6 is 11.8 Å². The molecule has 1 atom stereocenters. The van der Waals surface area contributed by atoms with Crippen molar-refractivity contribution < 1.29 is 18.0 Å². The summed E-state index contributed by atoms with van der Waals surface area (Å²) >= 11 is 1.02. The van der Waals surface area contributed by atoms with Crippen molar-refractivity contribution in [1.82, 2.24) is 14.9 Å². The fourth-order valence-electron chi connectivity index (χ4n) is 3.24. The zero-order valence-corrected chi connectivity index (χ0v) is 15.6. The predicted octanol–water partition coefficient (Wildman–Crippen LogP) is 3.67. The Morgan fingerprint density at radius 2 is 2.00 bits per heavy atom. The fourth-order valence-corrected chi connectivity index (χ4v) is 4.24. The second kappa shape index (κ2) is 7.92. The lowest BCUT2D eigenvalue weighted by atomic mass is 10.2. The second-order valence-electron chi connectivity index (χ2n) is 6.62. The van der Waals surface area contributed by atoms with Gasteiger partial charge in [-0.15, -0.1) is 0 Å². The molecule has 27 heavy (non-hydrogen) atoms. The van der Waals surface area contributed by atoms with Crippen LogP contribution in [0.15, 0.2) is 34.2 Å². The second-order valence-corrected chi connectivity index (χ2v) is 7.93. The minimum atomic E-state index is -4.47. The van der Waals surface area contributed by atoms with E-state index in [4.69, 9.17) is 0 Å². The zero-order valence-electron chi connectivity index (χ0n) is 14.8. The minimum Gasteiger partial charge on any atom is -0.346 e. The molecule has 146 valence electrons. The molecule has 9 heteroatoms. The van der Waals surface area contributed by atoms with Crippen molar-refractivity contribution in [1.29, 1.82) is 0 Å². The number of fused-ring (bicyclic) bond motifs is 1. The number of carbonyl (C=O) groups is 1. The number of rotatable bonds is 5. The summed E-state index contributed by atoms with van der Waals surface area (Å²) in [4.78, 5) is 29.6. The van der Waals surface area contributed by atoms with Crippen LogP contribution in [0.5, 0.6) is 0 Å². The molecule has 1 aliphatic rings. The number of halogens is 3. The lowest BCUT2D eigenvalue weighted by Crippen LogP contribution is -2.38. The number of benzene rings is 1. The molecule has 1 aliphatic carbocycles. The summed E-state index contributed by atoms with van der Waals surface area (Å²) in [5, 5.41) is 1.95. The number of hydrogen-bond donors (Lipinski definition) is 1. The first-order valence-electron chi connectivity index (χ1n) is 8.78. The van der Waals surface area contributed by atoms with Crippen LogP contribution in [0.2, 0.25) is 0 Å². The van der Waals surface area contributed by atoms with Crippen molar-refractivity contribution in [3.63, 3.8) is 0 Å². The molecule has 1 N–H and O–H groups in total. The summed E-state index contributed by atoms with van der Waals surface area (Å²) in [7, 11) is 0. The van der Waals surface area contributed by atoms with Crippen molar-refractivity contribution in [2.45, 2.75) is 55.2 Å². The topological polar surface area (TPSA) is 64.0 Å². The number of thioether (sulfide) groups is 1. The first-order chi connectivity index (χ1) is 12.8. The van der Waals surface area contributed by atoms with E-state index in [-0.39, 0.29) is 11.6 Å². The normalized spacial score (nSPS) is 16.6. The van der Waals surface area contributed by atoms with Gasteiger partial charge in [0.2, 0.25) is 5.91 Å². The predicted molar refractivity (Wildman–Crippen MR) is 97.9 cm³/mol. The van der Waals surface area contributed by atoms with Gasteiger partial charge in [0.25, 0.3) is 5.56 Å². The Labute approximate surface area is 158 Å². The van der Waals surface area contributed by atoms with Crippen molar-refractivity contribution in [3.05, 3.63) is 34.6 Å². The SMILES string of the molecule is CC(Sc1nc2ccccc2c(=O)n1C1CCCC1)C(=O)NCC(F)(F)F. The Kier molecular flexibility index (Phi) is 5.78. The third-order valence-electron chi connectivity index (χ3n) is 4.58. The van der Waals surface area contributed by atoms with Gasteiger partial charge in [0.05, 0.1) is 16.2 Å². The Hall–Kier alpha value is -2.03. The highest BCUT2D eigenvalue weighted by Crippen LogP contribution is 2.33. The average molecular weight is 399 g/mol. The van der Waals surface area contributed by atoms with Crippen LogP contribution in [0, 0.1) is 0 Å². The zero-order chi connectivity index (χ0) is 19.6. The van der Waals surface area contributed by atoms with E-state index in [1.165, 1.54) is 6.92 Å². The number of nitrogens with zero attached hydrogens (tertiary/aromatic N) is 2. The van der Waals surface area contributed by atoms with Gasteiger partial charge in [0.15, 0.2) is 5.16 Å². The van der Waals surface area contributed by atoms with Gasteiger partial charge in [0, 0.05) is 6.04 Å². The standard InChI is InChI=1S/C18H20F3N3O2S/c1-11(15(25)22-10-18(19,20)21)27-17-23-14-9-5-4-8-13(14)16(26)24(17)12-6-2-3-7-12/h4-5,8-9,11-12H,2-3,6-7,10H2,1H3,(H,22,25). The molecule has 0 saturated heterocycles. The fraction of sp³-hybridized carbons (Fsp3) is 0.500. The number of hydrogen-bond acceptors (Lipinski definition) is 4. The van der Waals surface area contributed by atoms with E-state index in [2.05, 4.69) is 4.98 Å². The first kappa shape index (κ1) is 19.7. The molecule has 0 aliphatic heterocycles. The molecule has 0 radical (unpaired) electrons. The summed E-state index contributed by atoms with van der Waals surface area (Å²) in [6.45, 7) is 0.133. The highest BCUT2D eigenvalue weighted by Gasteiger charge is 2.30. The lowest BCUT2D eigenvalue weighted by molar-refractivity contribution is -0.137. The molecule has 5 nitrogen and oxygen atoms in total. The van der Waals surface area contributed by atoms with Crippen molar-refractivity contribution in [2.24, 2.45) is 0 Å². The van der Waals surface area contributed by atoms with Gasteiger partial charge in [-0.2, -0.15) is 13.2 Å². The number of para-hydroxylation sites is 1. The van der Waals surface area contributed by atoms with Crippen molar-refractivity contribution in [2.75, 3.05) is 6.54 Å². The van der Waals surface area contributed by atoms with E-state index in [9.17, 15) is 22.8 Å². The minimum absolute atomic E-state index is 0.00235. The van der Waals surface area contributed by atoms with Gasteiger partial charge in [-0.05, 0) is 31.9 Å². The van der Waals surface area contributed by atoms with Crippen LogP contribution in [0.25, 0.3) is 10.9 Å². The summed E-state index contributed by atoms with van der Waals surface area (Å²) in [5.41, 5.74) is 0.347. The Morgan fingerprint density at radius 3 is 2.67 bits per heavy atom. The molecule has 1 aromatic heterocycles. The molecule has 1 saturated carbocycles. The largest absolute Gasteiger partial charge is 0.405 e. The van der Waals surface area contributed by atoms with Gasteiger partial charge >= 0.3 is 6.18 Å². The third kappa shape index (κ3) is 4.63. The Morgan fingerprint density at radius 1 is 1.33 bits per heavy atom. The molecular formula is C18H20F3N3O2S. The average Bonchev–Trinajstić information content (AvgIpc) is 3.13. The molecule has 0 bridgehead atoms. The summed E-state index contributed by atoms with van der Waals surface area (Å²) in [6.07, 6.45) is -0.747. The molecule has 1 heterocycles. The maximum Gasteiger partial charge on any atom is 0.405 e. The highest BCUT2D eigenvalue weighted by atomic mass is 32.2. The van der Waals surface area contributed by atoms with Crippen molar-refractivity contribution in [3.8, 4) is 0 Å². The van der Waals surface area contributed by atoms with Crippen LogP contribution in [0.4, 0.5) is 13.2 Å². The van der Waals surface area contributed by atoms with Crippen LogP contribution in [0.3, 0.4) is 0 Å². The smallest absolute Gasteiger partial charge is 0.346 e. The number of amides is 1. The first-order valence-corrected chi connectivity index (χ1v) is 9.66. The number of aromatic nitrogens is 2. The highest BCUT2D eigenvalue weighted by molar-refractivity contribution is 8.00. The molecular weight excluding hydrogens is 379 g/mol. The van der Waals surface area contributed by atoms with Gasteiger partial charge in [0.1, 0.15) is 6.54 Å². The van der Waals surface area contributed by atoms with Gasteiger partial charge in [-0.25, -0.2) is 4.98 Å². The Bertz CT molecular complexity index is 892. The molecule has 1 fully saturated rings. The molecule has 1 aromatic carbocycles. The lowest BCUT2D eigenvalue weighted by Gasteiger charge is -2.20. The quantitative estimate of drug-likeness (QED) is 0.616. The van der Waals surface area contributed by atoms with E-state index in [0.717, 1.165) is 37.4 Å². The van der Waals surface area contributed by atoms with E-state index in [1.807, 2.05) is 5.32 Å². The van der Waals surface area contributed by atoms with E-state index in [0.29, 0.717) is 16.1 Å². The Balaban J connectivity index is 1.91. The van der Waals surface area contributed by atoms with Crippen LogP contribution in [-0.2, 0) is 4.79 Å². The third-order valence-corrected chi connectivity index (χ3v) is 5.65. The van der Waals surface area contributed by atoms with Crippen LogP contribution < -0.4 is 10.9 Å². The van der Waals surface area contributed by atoms with Gasteiger partial charge < -0.3 is 5.32 Å². The van der Waals surface area contributed by atoms with Crippen LogP contribution in [0.1, 0.15) is 38.6 Å². The monoisotopic (exact) mass is 399 g/mol. The van der Waals surface area contributed by atoms with Crippen molar-refractivity contribution >= 4 is 28.6 Å². The molecule has 1 amide bonds.